The number of furan rings is 1. The first kappa shape index (κ1) is 15.3. The fraction of sp³-hybridized carbons (Fsp3) is 0.733. The highest BCUT2D eigenvalue weighted by molar-refractivity contribution is 5.20. The highest BCUT2D eigenvalue weighted by Crippen LogP contribution is 2.18. The molecule has 0 aromatic carbocycles. The van der Waals surface area contributed by atoms with Gasteiger partial charge in [-0.15, -0.1) is 0 Å². The number of nitrogens with zero attached hydrogens (tertiary/aromatic N) is 1. The van der Waals surface area contributed by atoms with Gasteiger partial charge in [0.2, 0.25) is 0 Å². The second kappa shape index (κ2) is 6.95. The number of aryl methyl sites for hydroxylation is 1. The predicted molar refractivity (Wildman–Crippen MR) is 76.6 cm³/mol. The van der Waals surface area contributed by atoms with Crippen LogP contribution >= 0.6 is 0 Å². The summed E-state index contributed by atoms with van der Waals surface area (Å²) in [6.07, 6.45) is 1.22. The normalized spacial score (nSPS) is 13.6. The Morgan fingerprint density at radius 2 is 2.00 bits per heavy atom. The van der Waals surface area contributed by atoms with Gasteiger partial charge in [0.25, 0.3) is 0 Å². The van der Waals surface area contributed by atoms with E-state index in [1.54, 1.807) is 0 Å². The van der Waals surface area contributed by atoms with E-state index in [2.05, 4.69) is 44.1 Å². The van der Waals surface area contributed by atoms with Crippen LogP contribution in [0.4, 0.5) is 0 Å². The lowest BCUT2D eigenvalue weighted by molar-refractivity contribution is 0.204. The Hall–Kier alpha value is -0.800. The monoisotopic (exact) mass is 252 g/mol. The van der Waals surface area contributed by atoms with E-state index in [9.17, 15) is 0 Å². The lowest BCUT2D eigenvalue weighted by Crippen LogP contribution is -2.29. The molecule has 0 aliphatic carbocycles. The van der Waals surface area contributed by atoms with Gasteiger partial charge in [-0.05, 0) is 46.3 Å². The highest BCUT2D eigenvalue weighted by atomic mass is 16.3. The molecule has 1 atom stereocenters. The van der Waals surface area contributed by atoms with E-state index in [4.69, 9.17) is 4.42 Å². The largest absolute Gasteiger partial charge is 0.465 e. The minimum atomic E-state index is 0.586. The molecule has 18 heavy (non-hydrogen) atoms. The van der Waals surface area contributed by atoms with E-state index in [0.29, 0.717) is 6.04 Å². The van der Waals surface area contributed by atoms with Crippen molar-refractivity contribution in [3.8, 4) is 0 Å². The summed E-state index contributed by atoms with van der Waals surface area (Å²) in [5.74, 6) is 2.83. The number of hydrogen-bond donors (Lipinski definition) is 1. The summed E-state index contributed by atoms with van der Waals surface area (Å²) in [4.78, 5) is 2.36. The fourth-order valence-electron chi connectivity index (χ4n) is 2.30. The molecule has 0 saturated heterocycles. The van der Waals surface area contributed by atoms with Gasteiger partial charge in [-0.1, -0.05) is 13.8 Å². The van der Waals surface area contributed by atoms with E-state index in [1.807, 2.05) is 14.0 Å². The van der Waals surface area contributed by atoms with Crippen molar-refractivity contribution < 1.29 is 4.42 Å². The lowest BCUT2D eigenvalue weighted by atomic mass is 10.0. The van der Waals surface area contributed by atoms with E-state index in [1.165, 1.54) is 12.0 Å². The molecule has 1 aromatic heterocycles. The third-order valence-electron chi connectivity index (χ3n) is 3.41. The Morgan fingerprint density at radius 3 is 2.56 bits per heavy atom. The summed E-state index contributed by atoms with van der Waals surface area (Å²) in [5.41, 5.74) is 1.26. The van der Waals surface area contributed by atoms with Crippen LogP contribution in [0.15, 0.2) is 10.5 Å². The molecule has 1 aromatic rings. The first-order valence-electron chi connectivity index (χ1n) is 6.87. The topological polar surface area (TPSA) is 28.4 Å². The summed E-state index contributed by atoms with van der Waals surface area (Å²) < 4.78 is 5.81. The zero-order valence-corrected chi connectivity index (χ0v) is 12.7. The molecule has 1 heterocycles. The molecule has 0 amide bonds. The third-order valence-corrected chi connectivity index (χ3v) is 3.41. The molecule has 1 N–H and O–H groups in total. The second-order valence-electron chi connectivity index (χ2n) is 5.72. The number of rotatable bonds is 7. The van der Waals surface area contributed by atoms with Gasteiger partial charge in [-0.3, -0.25) is 4.90 Å². The van der Waals surface area contributed by atoms with Crippen LogP contribution in [0.5, 0.6) is 0 Å². The van der Waals surface area contributed by atoms with Crippen molar-refractivity contribution in [1.82, 2.24) is 10.2 Å². The minimum Gasteiger partial charge on any atom is -0.465 e. The second-order valence-corrected chi connectivity index (χ2v) is 5.72. The van der Waals surface area contributed by atoms with Crippen LogP contribution in [-0.4, -0.2) is 25.0 Å². The van der Waals surface area contributed by atoms with Gasteiger partial charge < -0.3 is 9.73 Å². The summed E-state index contributed by atoms with van der Waals surface area (Å²) in [7, 11) is 4.13. The van der Waals surface area contributed by atoms with Gasteiger partial charge in [0, 0.05) is 18.2 Å². The molecule has 0 aliphatic heterocycles. The Labute approximate surface area is 112 Å². The van der Waals surface area contributed by atoms with Crippen LogP contribution in [0, 0.1) is 12.8 Å². The zero-order valence-electron chi connectivity index (χ0n) is 12.7. The molecule has 0 aliphatic rings. The quantitative estimate of drug-likeness (QED) is 0.808. The summed E-state index contributed by atoms with van der Waals surface area (Å²) in [6, 6.07) is 2.76. The van der Waals surface area contributed by atoms with Crippen LogP contribution < -0.4 is 5.32 Å². The van der Waals surface area contributed by atoms with Crippen molar-refractivity contribution in [1.29, 1.82) is 0 Å². The molecule has 0 bridgehead atoms. The molecule has 0 fully saturated rings. The Bertz CT molecular complexity index is 357. The van der Waals surface area contributed by atoms with Crippen molar-refractivity contribution in [2.45, 2.75) is 53.2 Å². The zero-order chi connectivity index (χ0) is 13.7. The van der Waals surface area contributed by atoms with Crippen molar-refractivity contribution in [3.05, 3.63) is 23.2 Å². The molecule has 1 unspecified atom stereocenters. The van der Waals surface area contributed by atoms with Gasteiger partial charge in [-0.25, -0.2) is 0 Å². The van der Waals surface area contributed by atoms with Crippen LogP contribution in [0.1, 0.15) is 44.3 Å². The average Bonchev–Trinajstić information content (AvgIpc) is 2.58. The van der Waals surface area contributed by atoms with Crippen LogP contribution in [0.3, 0.4) is 0 Å². The SMILES string of the molecule is CNCc1cc(CN(C)C(C)CC(C)C)oc1C. The standard InChI is InChI=1S/C15H28N2O/c1-11(2)7-12(3)17(6)10-15-8-14(9-16-5)13(4)18-15/h8,11-12,16H,7,9-10H2,1-6H3. The summed E-state index contributed by atoms with van der Waals surface area (Å²) in [5, 5.41) is 3.17. The molecule has 104 valence electrons. The molecular weight excluding hydrogens is 224 g/mol. The molecule has 0 saturated carbocycles. The van der Waals surface area contributed by atoms with Gasteiger partial charge in [0.1, 0.15) is 11.5 Å². The van der Waals surface area contributed by atoms with E-state index < -0.39 is 0 Å². The third kappa shape index (κ3) is 4.46. The van der Waals surface area contributed by atoms with Crippen molar-refractivity contribution in [2.24, 2.45) is 5.92 Å². The molecule has 1 rings (SSSR count). The Balaban J connectivity index is 2.58. The molecule has 3 heteroatoms. The maximum absolute atomic E-state index is 5.81. The fourth-order valence-corrected chi connectivity index (χ4v) is 2.30. The minimum absolute atomic E-state index is 0.586. The first-order chi connectivity index (χ1) is 8.43. The lowest BCUT2D eigenvalue weighted by Gasteiger charge is -2.25. The number of hydrogen-bond acceptors (Lipinski definition) is 3. The van der Waals surface area contributed by atoms with Crippen molar-refractivity contribution >= 4 is 0 Å². The Morgan fingerprint density at radius 1 is 1.33 bits per heavy atom. The van der Waals surface area contributed by atoms with Gasteiger partial charge in [0.05, 0.1) is 6.54 Å². The molecule has 3 nitrogen and oxygen atoms in total. The van der Waals surface area contributed by atoms with Gasteiger partial charge in [0.15, 0.2) is 0 Å². The van der Waals surface area contributed by atoms with Gasteiger partial charge >= 0.3 is 0 Å². The first-order valence-corrected chi connectivity index (χ1v) is 6.87. The predicted octanol–water partition coefficient (Wildman–Crippen LogP) is 3.17. The van der Waals surface area contributed by atoms with E-state index >= 15 is 0 Å². The average molecular weight is 252 g/mol. The van der Waals surface area contributed by atoms with E-state index in [-0.39, 0.29) is 0 Å². The Kier molecular flexibility index (Phi) is 5.89. The van der Waals surface area contributed by atoms with Crippen molar-refractivity contribution in [2.75, 3.05) is 14.1 Å². The smallest absolute Gasteiger partial charge is 0.118 e. The van der Waals surface area contributed by atoms with Crippen LogP contribution in [0.2, 0.25) is 0 Å². The van der Waals surface area contributed by atoms with E-state index in [0.717, 1.165) is 30.5 Å². The number of nitrogens with one attached hydrogen (secondary N) is 1. The maximum atomic E-state index is 5.81. The molecule has 0 spiro atoms. The maximum Gasteiger partial charge on any atom is 0.118 e. The summed E-state index contributed by atoms with van der Waals surface area (Å²) in [6.45, 7) is 10.6. The van der Waals surface area contributed by atoms with Crippen LogP contribution in [-0.2, 0) is 13.1 Å². The highest BCUT2D eigenvalue weighted by Gasteiger charge is 2.14. The summed E-state index contributed by atoms with van der Waals surface area (Å²) >= 11 is 0. The molecular formula is C15H28N2O. The van der Waals surface area contributed by atoms with Crippen molar-refractivity contribution in [3.63, 3.8) is 0 Å². The molecule has 0 radical (unpaired) electrons. The van der Waals surface area contributed by atoms with Gasteiger partial charge in [-0.2, -0.15) is 0 Å². The van der Waals surface area contributed by atoms with Crippen LogP contribution in [0.25, 0.3) is 0 Å².